The first-order valence-electron chi connectivity index (χ1n) is 5.73. The van der Waals surface area contributed by atoms with Gasteiger partial charge in [-0.3, -0.25) is 9.89 Å². The molecule has 3 aromatic rings. The number of aromatic nitrogens is 2. The summed E-state index contributed by atoms with van der Waals surface area (Å²) in [5, 5.41) is 10.6. The average molecular weight is 316 g/mol. The Morgan fingerprint density at radius 3 is 2.68 bits per heavy atom. The van der Waals surface area contributed by atoms with Gasteiger partial charge < -0.3 is 5.32 Å². The quantitative estimate of drug-likeness (QED) is 0.666. The molecule has 0 saturated heterocycles. The highest BCUT2D eigenvalue weighted by molar-refractivity contribution is 9.10. The van der Waals surface area contributed by atoms with E-state index in [9.17, 15) is 4.79 Å². The topological polar surface area (TPSA) is 57.8 Å². The molecule has 0 aliphatic carbocycles. The van der Waals surface area contributed by atoms with Crippen LogP contribution in [0.1, 0.15) is 10.4 Å². The molecule has 4 nitrogen and oxygen atoms in total. The number of nitrogens with one attached hydrogen (secondary N) is 2. The molecule has 0 fully saturated rings. The number of nitrogens with zero attached hydrogens (tertiary/aromatic N) is 1. The minimum absolute atomic E-state index is 0.0162. The largest absolute Gasteiger partial charge is 0.321 e. The molecular formula is C14H10BrN3O. The van der Waals surface area contributed by atoms with Crippen LogP contribution in [0.4, 0.5) is 5.69 Å². The monoisotopic (exact) mass is 315 g/mol. The van der Waals surface area contributed by atoms with Crippen LogP contribution in [-0.4, -0.2) is 16.1 Å². The summed E-state index contributed by atoms with van der Waals surface area (Å²) >= 11 is 3.30. The molecule has 1 amide bonds. The molecule has 0 unspecified atom stereocenters. The van der Waals surface area contributed by atoms with Gasteiger partial charge in [-0.2, -0.15) is 5.10 Å². The third-order valence-corrected chi connectivity index (χ3v) is 3.32. The van der Waals surface area contributed by atoms with E-state index in [4.69, 9.17) is 0 Å². The number of carbonyl (C=O) groups excluding carboxylic acids is 1. The number of H-pyrrole nitrogens is 1. The van der Waals surface area contributed by atoms with Crippen molar-refractivity contribution in [3.63, 3.8) is 0 Å². The first-order chi connectivity index (χ1) is 9.24. The molecule has 4 rings (SSSR count). The zero-order valence-corrected chi connectivity index (χ0v) is 11.4. The number of carbonyl (C=O) groups is 1. The second-order valence-corrected chi connectivity index (χ2v) is 5.02. The van der Waals surface area contributed by atoms with Crippen LogP contribution in [0.25, 0.3) is 10.9 Å². The van der Waals surface area contributed by atoms with Gasteiger partial charge in [-0.25, -0.2) is 0 Å². The van der Waals surface area contributed by atoms with E-state index in [1.54, 1.807) is 6.07 Å². The number of fused-ring (bicyclic) bond motifs is 2. The van der Waals surface area contributed by atoms with Gasteiger partial charge in [0.25, 0.3) is 5.91 Å². The Hall–Kier alpha value is -2.14. The van der Waals surface area contributed by atoms with E-state index >= 15 is 0 Å². The Balaban J connectivity index is 0.000000117. The Morgan fingerprint density at radius 1 is 1.11 bits per heavy atom. The van der Waals surface area contributed by atoms with Gasteiger partial charge in [0.05, 0.1) is 23.0 Å². The van der Waals surface area contributed by atoms with E-state index in [0.29, 0.717) is 0 Å². The summed E-state index contributed by atoms with van der Waals surface area (Å²) in [7, 11) is 0. The van der Waals surface area contributed by atoms with Crippen molar-refractivity contribution >= 4 is 38.4 Å². The number of para-hydroxylation sites is 1. The van der Waals surface area contributed by atoms with Crippen LogP contribution in [-0.2, 0) is 0 Å². The average Bonchev–Trinajstić information content (AvgIpc) is 2.87. The van der Waals surface area contributed by atoms with Crippen molar-refractivity contribution in [3.05, 3.63) is 58.7 Å². The highest BCUT2D eigenvalue weighted by Gasteiger charge is 2.21. The lowest BCUT2D eigenvalue weighted by molar-refractivity contribution is 0.101. The summed E-state index contributed by atoms with van der Waals surface area (Å²) in [6, 6.07) is 13.6. The SMILES string of the molecule is O=C1Nc2cc(Br)ccc21.c1ccc2[nH]ncc2c1. The van der Waals surface area contributed by atoms with Gasteiger partial charge in [-0.1, -0.05) is 34.1 Å². The molecule has 2 aromatic carbocycles. The number of benzene rings is 2. The van der Waals surface area contributed by atoms with Crippen molar-refractivity contribution in [2.24, 2.45) is 0 Å². The van der Waals surface area contributed by atoms with Crippen molar-refractivity contribution in [2.75, 3.05) is 5.32 Å². The molecule has 2 N–H and O–H groups in total. The van der Waals surface area contributed by atoms with Gasteiger partial charge in [0.15, 0.2) is 0 Å². The second kappa shape index (κ2) is 4.85. The zero-order chi connectivity index (χ0) is 13.2. The predicted octanol–water partition coefficient (Wildman–Crippen LogP) is 3.58. The number of amides is 1. The summed E-state index contributed by atoms with van der Waals surface area (Å²) in [4.78, 5) is 10.7. The maximum atomic E-state index is 10.7. The van der Waals surface area contributed by atoms with Gasteiger partial charge in [0, 0.05) is 9.86 Å². The van der Waals surface area contributed by atoms with E-state index < -0.39 is 0 Å². The van der Waals surface area contributed by atoms with E-state index in [-0.39, 0.29) is 5.91 Å². The highest BCUT2D eigenvalue weighted by atomic mass is 79.9. The lowest BCUT2D eigenvalue weighted by atomic mass is 10.1. The maximum Gasteiger partial charge on any atom is 0.257 e. The molecular weight excluding hydrogens is 306 g/mol. The first kappa shape index (κ1) is 11.9. The van der Waals surface area contributed by atoms with Crippen molar-refractivity contribution in [3.8, 4) is 0 Å². The van der Waals surface area contributed by atoms with Gasteiger partial charge in [-0.05, 0) is 24.3 Å². The van der Waals surface area contributed by atoms with E-state index in [1.165, 1.54) is 0 Å². The maximum absolute atomic E-state index is 10.7. The third kappa shape index (κ3) is 2.37. The highest BCUT2D eigenvalue weighted by Crippen LogP contribution is 2.28. The number of hydrogen-bond donors (Lipinski definition) is 2. The normalized spacial score (nSPS) is 11.9. The Bertz CT molecular complexity index is 721. The van der Waals surface area contributed by atoms with Crippen LogP contribution in [0.3, 0.4) is 0 Å². The van der Waals surface area contributed by atoms with Gasteiger partial charge >= 0.3 is 0 Å². The van der Waals surface area contributed by atoms with Gasteiger partial charge in [0.1, 0.15) is 0 Å². The minimum atomic E-state index is 0.0162. The fraction of sp³-hybridized carbons (Fsp3) is 0. The van der Waals surface area contributed by atoms with Crippen LogP contribution < -0.4 is 5.32 Å². The number of rotatable bonds is 0. The fourth-order valence-electron chi connectivity index (χ4n) is 1.83. The predicted molar refractivity (Wildman–Crippen MR) is 78.2 cm³/mol. The standard InChI is InChI=1S/C7H4BrNO.C7H6N2/c8-4-1-2-5-6(3-4)9-7(5)10;1-2-4-7-6(3-1)5-8-9-7/h1-3H,(H,9,10);1-5H,(H,8,9). The molecule has 0 spiro atoms. The first-order valence-corrected chi connectivity index (χ1v) is 6.52. The smallest absolute Gasteiger partial charge is 0.257 e. The van der Waals surface area contributed by atoms with Crippen molar-refractivity contribution in [2.45, 2.75) is 0 Å². The molecule has 1 aliphatic heterocycles. The van der Waals surface area contributed by atoms with E-state index in [0.717, 1.165) is 26.6 Å². The summed E-state index contributed by atoms with van der Waals surface area (Å²) < 4.78 is 0.992. The molecule has 19 heavy (non-hydrogen) atoms. The zero-order valence-electron chi connectivity index (χ0n) is 9.85. The van der Waals surface area contributed by atoms with E-state index in [1.807, 2.05) is 42.6 Å². The molecule has 94 valence electrons. The van der Waals surface area contributed by atoms with Gasteiger partial charge in [0.2, 0.25) is 0 Å². The molecule has 0 saturated carbocycles. The van der Waals surface area contributed by atoms with Crippen LogP contribution in [0.15, 0.2) is 53.1 Å². The summed E-state index contributed by atoms with van der Waals surface area (Å²) in [6.45, 7) is 0. The third-order valence-electron chi connectivity index (χ3n) is 2.82. The number of anilines is 1. The van der Waals surface area contributed by atoms with Gasteiger partial charge in [-0.15, -0.1) is 0 Å². The minimum Gasteiger partial charge on any atom is -0.321 e. The Morgan fingerprint density at radius 2 is 1.95 bits per heavy atom. The van der Waals surface area contributed by atoms with E-state index in [2.05, 4.69) is 31.4 Å². The van der Waals surface area contributed by atoms with Crippen LogP contribution >= 0.6 is 15.9 Å². The Labute approximate surface area is 118 Å². The summed E-state index contributed by atoms with van der Waals surface area (Å²) in [5.41, 5.74) is 2.79. The van der Waals surface area contributed by atoms with Crippen molar-refractivity contribution < 1.29 is 4.79 Å². The molecule has 1 aromatic heterocycles. The molecule has 0 atom stereocenters. The van der Waals surface area contributed by atoms with Crippen LogP contribution in [0.5, 0.6) is 0 Å². The summed E-state index contributed by atoms with van der Waals surface area (Å²) in [6.07, 6.45) is 1.81. The molecule has 0 bridgehead atoms. The van der Waals surface area contributed by atoms with Crippen LogP contribution in [0.2, 0.25) is 0 Å². The van der Waals surface area contributed by atoms with Crippen molar-refractivity contribution in [1.29, 1.82) is 0 Å². The Kier molecular flexibility index (Phi) is 3.05. The fourth-order valence-corrected chi connectivity index (χ4v) is 2.19. The molecule has 2 heterocycles. The number of aromatic amines is 1. The number of hydrogen-bond acceptors (Lipinski definition) is 2. The molecule has 5 heteroatoms. The molecule has 0 radical (unpaired) electrons. The van der Waals surface area contributed by atoms with Crippen LogP contribution in [0, 0.1) is 0 Å². The number of halogens is 1. The lowest BCUT2D eigenvalue weighted by Crippen LogP contribution is -2.24. The summed E-state index contributed by atoms with van der Waals surface area (Å²) in [5.74, 6) is 0.0162. The lowest BCUT2D eigenvalue weighted by Gasteiger charge is -2.18. The molecule has 1 aliphatic rings. The van der Waals surface area contributed by atoms with Crippen molar-refractivity contribution in [1.82, 2.24) is 10.2 Å². The second-order valence-electron chi connectivity index (χ2n) is 4.10.